The molecule has 1 N–H and O–H groups in total. The highest BCUT2D eigenvalue weighted by Crippen LogP contribution is 2.38. The van der Waals surface area contributed by atoms with Gasteiger partial charge < -0.3 is 9.84 Å². The van der Waals surface area contributed by atoms with Crippen LogP contribution in [0, 0.1) is 11.6 Å². The normalized spacial score (nSPS) is 15.8. The number of aromatic nitrogens is 2. The number of aryl methyl sites for hydroxylation is 1. The summed E-state index contributed by atoms with van der Waals surface area (Å²) >= 11 is 0. The summed E-state index contributed by atoms with van der Waals surface area (Å²) in [5.41, 5.74) is 3.99. The number of nitrogens with one attached hydrogen (secondary N) is 1. The monoisotopic (exact) mass is 486 g/mol. The second-order valence-electron chi connectivity index (χ2n) is 8.59. The molecule has 0 radical (unpaired) electrons. The molecule has 2 amide bonds. The van der Waals surface area contributed by atoms with Crippen LogP contribution in [0.3, 0.4) is 0 Å². The average molecular weight is 487 g/mol. The highest BCUT2D eigenvalue weighted by molar-refractivity contribution is 5.86. The minimum absolute atomic E-state index is 0.0280. The fraction of sp³-hybridized carbons (Fsp3) is 0.179. The van der Waals surface area contributed by atoms with Gasteiger partial charge in [0.2, 0.25) is 5.82 Å². The molecule has 0 saturated carbocycles. The van der Waals surface area contributed by atoms with Crippen molar-refractivity contribution >= 4 is 11.6 Å². The molecule has 0 aliphatic carbocycles. The lowest BCUT2D eigenvalue weighted by molar-refractivity contribution is 0.202. The van der Waals surface area contributed by atoms with E-state index in [0.29, 0.717) is 22.4 Å². The molecule has 0 spiro atoms. The quantitative estimate of drug-likeness (QED) is 0.348. The molecule has 0 fully saturated rings. The van der Waals surface area contributed by atoms with Crippen LogP contribution in [0.15, 0.2) is 83.0 Å². The summed E-state index contributed by atoms with van der Waals surface area (Å²) in [6.45, 7) is 3.87. The third kappa shape index (κ3) is 4.49. The van der Waals surface area contributed by atoms with Gasteiger partial charge >= 0.3 is 6.03 Å². The number of hydrogen-bond acceptors (Lipinski definition) is 4. The van der Waals surface area contributed by atoms with Gasteiger partial charge in [0.1, 0.15) is 11.6 Å². The number of halogens is 2. The van der Waals surface area contributed by atoms with Crippen LogP contribution in [0.25, 0.3) is 17.0 Å². The SMILES string of the molecule is CCc1ccc(C2NC(=O)N(Cc3ccccc3F)C(C)=C2c2nc(-c3cccc(F)c3)no2)cc1. The van der Waals surface area contributed by atoms with E-state index in [9.17, 15) is 13.6 Å². The number of carbonyl (C=O) groups is 1. The molecule has 3 aromatic carbocycles. The molecule has 36 heavy (non-hydrogen) atoms. The molecule has 6 nitrogen and oxygen atoms in total. The zero-order chi connectivity index (χ0) is 25.2. The van der Waals surface area contributed by atoms with Gasteiger partial charge in [-0.2, -0.15) is 4.98 Å². The van der Waals surface area contributed by atoms with Crippen LogP contribution in [-0.4, -0.2) is 21.1 Å². The van der Waals surface area contributed by atoms with Crippen molar-refractivity contribution in [2.75, 3.05) is 0 Å². The first-order chi connectivity index (χ1) is 17.4. The Morgan fingerprint density at radius 1 is 1.03 bits per heavy atom. The van der Waals surface area contributed by atoms with Gasteiger partial charge in [0, 0.05) is 16.8 Å². The smallest absolute Gasteiger partial charge is 0.322 e. The van der Waals surface area contributed by atoms with E-state index in [4.69, 9.17) is 4.52 Å². The first kappa shape index (κ1) is 23.4. The van der Waals surface area contributed by atoms with E-state index in [1.165, 1.54) is 23.1 Å². The molecule has 1 aliphatic heterocycles. The predicted octanol–water partition coefficient (Wildman–Crippen LogP) is 6.27. The van der Waals surface area contributed by atoms with Crippen LogP contribution in [0.4, 0.5) is 13.6 Å². The maximum atomic E-state index is 14.4. The van der Waals surface area contributed by atoms with E-state index < -0.39 is 17.7 Å². The number of rotatable bonds is 6. The van der Waals surface area contributed by atoms with E-state index in [2.05, 4.69) is 22.4 Å². The van der Waals surface area contributed by atoms with Gasteiger partial charge in [-0.1, -0.05) is 66.7 Å². The molecule has 5 rings (SSSR count). The molecular weight excluding hydrogens is 462 g/mol. The zero-order valence-electron chi connectivity index (χ0n) is 19.8. The van der Waals surface area contributed by atoms with Crippen LogP contribution in [-0.2, 0) is 13.0 Å². The van der Waals surface area contributed by atoms with Crippen molar-refractivity contribution in [3.8, 4) is 11.4 Å². The van der Waals surface area contributed by atoms with E-state index in [-0.39, 0.29) is 24.3 Å². The van der Waals surface area contributed by atoms with Crippen LogP contribution < -0.4 is 5.32 Å². The van der Waals surface area contributed by atoms with Crippen molar-refractivity contribution < 1.29 is 18.1 Å². The van der Waals surface area contributed by atoms with Crippen molar-refractivity contribution in [1.82, 2.24) is 20.4 Å². The first-order valence-electron chi connectivity index (χ1n) is 11.7. The summed E-state index contributed by atoms with van der Waals surface area (Å²) in [5, 5.41) is 7.07. The Labute approximate surface area is 207 Å². The van der Waals surface area contributed by atoms with Crippen molar-refractivity contribution in [3.63, 3.8) is 0 Å². The predicted molar refractivity (Wildman–Crippen MR) is 131 cm³/mol. The third-order valence-electron chi connectivity index (χ3n) is 6.34. The topological polar surface area (TPSA) is 71.3 Å². The molecule has 4 aromatic rings. The largest absolute Gasteiger partial charge is 0.334 e. The first-order valence-corrected chi connectivity index (χ1v) is 11.7. The fourth-order valence-corrected chi connectivity index (χ4v) is 4.32. The molecule has 8 heteroatoms. The summed E-state index contributed by atoms with van der Waals surface area (Å²) in [7, 11) is 0. The molecule has 1 unspecified atom stereocenters. The molecule has 2 heterocycles. The van der Waals surface area contributed by atoms with E-state index in [0.717, 1.165) is 17.5 Å². The van der Waals surface area contributed by atoms with Crippen molar-refractivity contribution in [1.29, 1.82) is 0 Å². The molecule has 182 valence electrons. The van der Waals surface area contributed by atoms with Crippen molar-refractivity contribution in [2.45, 2.75) is 32.9 Å². The Bertz CT molecular complexity index is 1450. The zero-order valence-corrected chi connectivity index (χ0v) is 19.8. The number of benzene rings is 3. The van der Waals surface area contributed by atoms with E-state index >= 15 is 0 Å². The van der Waals surface area contributed by atoms with Crippen LogP contribution in [0.5, 0.6) is 0 Å². The molecule has 0 saturated heterocycles. The molecule has 1 aromatic heterocycles. The van der Waals surface area contributed by atoms with Gasteiger partial charge in [-0.3, -0.25) is 4.90 Å². The average Bonchev–Trinajstić information content (AvgIpc) is 3.37. The molecule has 1 aliphatic rings. The number of nitrogens with zero attached hydrogens (tertiary/aromatic N) is 3. The summed E-state index contributed by atoms with van der Waals surface area (Å²) in [5.74, 6) is -0.399. The highest BCUT2D eigenvalue weighted by atomic mass is 19.1. The summed E-state index contributed by atoms with van der Waals surface area (Å²) in [6.07, 6.45) is 0.885. The van der Waals surface area contributed by atoms with Gasteiger partial charge in [0.15, 0.2) is 0 Å². The summed E-state index contributed by atoms with van der Waals surface area (Å²) in [4.78, 5) is 19.2. The van der Waals surface area contributed by atoms with E-state index in [1.54, 1.807) is 37.3 Å². The Kier molecular flexibility index (Phi) is 6.33. The molecular formula is C28H24F2N4O2. The second-order valence-corrected chi connectivity index (χ2v) is 8.59. The van der Waals surface area contributed by atoms with Gasteiger partial charge in [0.05, 0.1) is 18.2 Å². The van der Waals surface area contributed by atoms with Gasteiger partial charge in [-0.25, -0.2) is 13.6 Å². The number of hydrogen-bond donors (Lipinski definition) is 1. The highest BCUT2D eigenvalue weighted by Gasteiger charge is 2.36. The Morgan fingerprint density at radius 2 is 1.81 bits per heavy atom. The Hall–Kier alpha value is -4.33. The maximum Gasteiger partial charge on any atom is 0.322 e. The van der Waals surface area contributed by atoms with Crippen molar-refractivity contribution in [2.24, 2.45) is 0 Å². The number of amides is 2. The maximum absolute atomic E-state index is 14.4. The number of allylic oxidation sites excluding steroid dienone is 1. The summed E-state index contributed by atoms with van der Waals surface area (Å²) < 4.78 is 33.8. The minimum atomic E-state index is -0.568. The molecule has 1 atom stereocenters. The van der Waals surface area contributed by atoms with Crippen LogP contribution in [0.2, 0.25) is 0 Å². The van der Waals surface area contributed by atoms with Crippen molar-refractivity contribution in [3.05, 3.63) is 113 Å². The standard InChI is InChI=1S/C28H24F2N4O2/c1-3-18-11-13-19(14-12-18)25-24(27-32-26(33-36-27)20-8-6-9-22(29)15-20)17(2)34(28(35)31-25)16-21-7-4-5-10-23(21)30/h4-15,25H,3,16H2,1-2H3,(H,31,35). The lowest BCUT2D eigenvalue weighted by Gasteiger charge is -2.35. The minimum Gasteiger partial charge on any atom is -0.334 e. The molecule has 0 bridgehead atoms. The lowest BCUT2D eigenvalue weighted by Crippen LogP contribution is -2.45. The van der Waals surface area contributed by atoms with Gasteiger partial charge in [-0.05, 0) is 42.7 Å². The Balaban J connectivity index is 1.60. The second kappa shape index (κ2) is 9.73. The fourth-order valence-electron chi connectivity index (χ4n) is 4.32. The summed E-state index contributed by atoms with van der Waals surface area (Å²) in [6, 6.07) is 19.2. The van der Waals surface area contributed by atoms with Gasteiger partial charge in [0.25, 0.3) is 5.89 Å². The van der Waals surface area contributed by atoms with Crippen LogP contribution >= 0.6 is 0 Å². The third-order valence-corrected chi connectivity index (χ3v) is 6.34. The Morgan fingerprint density at radius 3 is 2.53 bits per heavy atom. The number of urea groups is 1. The van der Waals surface area contributed by atoms with Gasteiger partial charge in [-0.15, -0.1) is 0 Å². The van der Waals surface area contributed by atoms with E-state index in [1.807, 2.05) is 24.3 Å². The van der Waals surface area contributed by atoms with Crippen LogP contribution in [0.1, 0.15) is 42.5 Å². The lowest BCUT2D eigenvalue weighted by atomic mass is 9.93. The number of carbonyl (C=O) groups excluding carboxylic acids is 1.